The molecule has 1 aromatic carbocycles. The highest BCUT2D eigenvalue weighted by molar-refractivity contribution is 5.83. The Morgan fingerprint density at radius 3 is 2.63 bits per heavy atom. The van der Waals surface area contributed by atoms with Crippen LogP contribution in [0.1, 0.15) is 11.6 Å². The summed E-state index contributed by atoms with van der Waals surface area (Å²) in [5.74, 6) is 4.33. The number of benzene rings is 1. The van der Waals surface area contributed by atoms with Crippen LogP contribution < -0.4 is 11.3 Å². The molecular formula is C11H11N5O3. The lowest BCUT2D eigenvalue weighted by Gasteiger charge is -2.15. The van der Waals surface area contributed by atoms with E-state index in [2.05, 4.69) is 4.98 Å². The molecule has 0 spiro atoms. The van der Waals surface area contributed by atoms with Gasteiger partial charge in [0.15, 0.2) is 0 Å². The molecule has 0 radical (unpaired) electrons. The van der Waals surface area contributed by atoms with E-state index < -0.39 is 16.9 Å². The van der Waals surface area contributed by atoms with Crippen LogP contribution in [0.5, 0.6) is 0 Å². The second-order valence-corrected chi connectivity index (χ2v) is 3.76. The van der Waals surface area contributed by atoms with Crippen LogP contribution in [-0.4, -0.2) is 20.4 Å². The number of nitrogens with one attached hydrogen (secondary N) is 1. The summed E-state index contributed by atoms with van der Waals surface area (Å²) in [6.45, 7) is 0. The second kappa shape index (κ2) is 5.27. The van der Waals surface area contributed by atoms with E-state index in [4.69, 9.17) is 5.84 Å². The lowest BCUT2D eigenvalue weighted by molar-refractivity contribution is -0.389. The molecule has 98 valence electrons. The summed E-state index contributed by atoms with van der Waals surface area (Å²) in [7, 11) is 0. The van der Waals surface area contributed by atoms with Gasteiger partial charge in [0.25, 0.3) is 5.91 Å². The zero-order valence-corrected chi connectivity index (χ0v) is 9.76. The summed E-state index contributed by atoms with van der Waals surface area (Å²) in [5, 5.41) is 10.6. The summed E-state index contributed by atoms with van der Waals surface area (Å²) in [6.07, 6.45) is 2.41. The van der Waals surface area contributed by atoms with Gasteiger partial charge in [0, 0.05) is 0 Å². The van der Waals surface area contributed by atoms with Gasteiger partial charge in [-0.15, -0.1) is 0 Å². The van der Waals surface area contributed by atoms with Crippen molar-refractivity contribution in [2.24, 2.45) is 5.84 Å². The van der Waals surface area contributed by atoms with Crippen molar-refractivity contribution >= 4 is 11.7 Å². The Balaban J connectivity index is 2.43. The molecule has 1 aromatic heterocycles. The molecule has 1 unspecified atom stereocenters. The van der Waals surface area contributed by atoms with Crippen LogP contribution in [0.15, 0.2) is 42.9 Å². The average Bonchev–Trinajstić information content (AvgIpc) is 2.89. The number of carbonyl (C=O) groups excluding carboxylic acids is 1. The first kappa shape index (κ1) is 12.7. The van der Waals surface area contributed by atoms with Crippen molar-refractivity contribution in [2.45, 2.75) is 6.04 Å². The van der Waals surface area contributed by atoms with Gasteiger partial charge in [-0.1, -0.05) is 30.3 Å². The summed E-state index contributed by atoms with van der Waals surface area (Å²) in [4.78, 5) is 25.5. The number of hydrogen-bond acceptors (Lipinski definition) is 5. The third-order valence-electron chi connectivity index (χ3n) is 2.58. The highest BCUT2D eigenvalue weighted by atomic mass is 16.6. The average molecular weight is 261 g/mol. The molecule has 3 N–H and O–H groups in total. The fourth-order valence-corrected chi connectivity index (χ4v) is 1.73. The van der Waals surface area contributed by atoms with E-state index in [0.29, 0.717) is 5.56 Å². The molecule has 1 atom stereocenters. The van der Waals surface area contributed by atoms with Crippen LogP contribution >= 0.6 is 0 Å². The van der Waals surface area contributed by atoms with Crippen LogP contribution in [-0.2, 0) is 4.79 Å². The minimum Gasteiger partial charge on any atom is -0.358 e. The smallest absolute Gasteiger partial charge is 0.358 e. The fourth-order valence-electron chi connectivity index (χ4n) is 1.73. The van der Waals surface area contributed by atoms with Crippen molar-refractivity contribution in [1.29, 1.82) is 0 Å². The Morgan fingerprint density at radius 2 is 2.11 bits per heavy atom. The minimum atomic E-state index is -0.799. The number of rotatable bonds is 4. The zero-order valence-electron chi connectivity index (χ0n) is 9.76. The molecule has 19 heavy (non-hydrogen) atoms. The molecule has 0 aliphatic heterocycles. The lowest BCUT2D eigenvalue weighted by Crippen LogP contribution is -2.37. The number of aromatic nitrogens is 2. The van der Waals surface area contributed by atoms with Crippen LogP contribution in [0.4, 0.5) is 5.82 Å². The Kier molecular flexibility index (Phi) is 3.53. The minimum absolute atomic E-state index is 0.328. The lowest BCUT2D eigenvalue weighted by atomic mass is 10.1. The van der Waals surface area contributed by atoms with Crippen molar-refractivity contribution in [3.63, 3.8) is 0 Å². The number of nitrogens with zero attached hydrogens (tertiary/aromatic N) is 3. The first-order valence-corrected chi connectivity index (χ1v) is 5.36. The normalized spacial score (nSPS) is 11.8. The van der Waals surface area contributed by atoms with Crippen LogP contribution in [0, 0.1) is 10.1 Å². The molecule has 2 rings (SSSR count). The first-order valence-electron chi connectivity index (χ1n) is 5.36. The summed E-state index contributed by atoms with van der Waals surface area (Å²) in [6, 6.07) is 7.98. The number of nitro groups is 1. The predicted octanol–water partition coefficient (Wildman–Crippen LogP) is 0.371. The summed E-state index contributed by atoms with van der Waals surface area (Å²) in [5.41, 5.74) is 2.69. The van der Waals surface area contributed by atoms with E-state index in [1.807, 2.05) is 5.43 Å². The quantitative estimate of drug-likeness (QED) is 0.357. The van der Waals surface area contributed by atoms with Crippen molar-refractivity contribution in [3.05, 3.63) is 58.5 Å². The first-order chi connectivity index (χ1) is 9.13. The molecule has 0 aliphatic carbocycles. The van der Waals surface area contributed by atoms with Crippen LogP contribution in [0.2, 0.25) is 0 Å². The van der Waals surface area contributed by atoms with E-state index in [0.717, 1.165) is 0 Å². The molecule has 0 saturated heterocycles. The zero-order chi connectivity index (χ0) is 13.8. The van der Waals surface area contributed by atoms with E-state index >= 15 is 0 Å². The molecule has 8 heteroatoms. The third-order valence-corrected chi connectivity index (χ3v) is 2.58. The predicted molar refractivity (Wildman–Crippen MR) is 65.8 cm³/mol. The van der Waals surface area contributed by atoms with Crippen molar-refractivity contribution in [2.75, 3.05) is 0 Å². The van der Waals surface area contributed by atoms with Gasteiger partial charge >= 0.3 is 5.82 Å². The standard InChI is InChI=1S/C11H11N5O3/c12-14-11(17)10(8-4-2-1-3-5-8)15-6-9(13-7-15)16(18)19/h1-7,10H,12H2,(H,14,17). The maximum absolute atomic E-state index is 11.8. The molecule has 0 aliphatic rings. The largest absolute Gasteiger partial charge is 0.381 e. The van der Waals surface area contributed by atoms with Crippen molar-refractivity contribution < 1.29 is 9.72 Å². The van der Waals surface area contributed by atoms with Gasteiger partial charge in [-0.2, -0.15) is 0 Å². The molecule has 0 fully saturated rings. The monoisotopic (exact) mass is 261 g/mol. The van der Waals surface area contributed by atoms with Crippen molar-refractivity contribution in [1.82, 2.24) is 15.0 Å². The van der Waals surface area contributed by atoms with Gasteiger partial charge in [-0.25, -0.2) is 5.84 Å². The number of hydrogen-bond donors (Lipinski definition) is 2. The van der Waals surface area contributed by atoms with Crippen LogP contribution in [0.25, 0.3) is 0 Å². The Bertz CT molecular complexity index is 595. The molecule has 0 saturated carbocycles. The highest BCUT2D eigenvalue weighted by Gasteiger charge is 2.24. The molecule has 2 aromatic rings. The van der Waals surface area contributed by atoms with Gasteiger partial charge < -0.3 is 10.1 Å². The molecular weight excluding hydrogens is 250 g/mol. The van der Waals surface area contributed by atoms with Crippen molar-refractivity contribution in [3.8, 4) is 0 Å². The Labute approximate surface area is 108 Å². The SMILES string of the molecule is NNC(=O)C(c1ccccc1)n1cnc([N+](=O)[O-])c1. The van der Waals surface area contributed by atoms with Crippen LogP contribution in [0.3, 0.4) is 0 Å². The summed E-state index contributed by atoms with van der Waals surface area (Å²) >= 11 is 0. The molecule has 8 nitrogen and oxygen atoms in total. The molecule has 1 heterocycles. The fraction of sp³-hybridized carbons (Fsp3) is 0.0909. The number of imidazole rings is 1. The number of amides is 1. The molecule has 1 amide bonds. The van der Waals surface area contributed by atoms with Gasteiger partial charge in [0.1, 0.15) is 12.2 Å². The second-order valence-electron chi connectivity index (χ2n) is 3.76. The van der Waals surface area contributed by atoms with E-state index in [1.165, 1.54) is 17.1 Å². The van der Waals surface area contributed by atoms with E-state index in [1.54, 1.807) is 30.3 Å². The van der Waals surface area contributed by atoms with E-state index in [-0.39, 0.29) is 5.82 Å². The maximum Gasteiger partial charge on any atom is 0.381 e. The number of carbonyl (C=O) groups is 1. The number of hydrazine groups is 1. The Morgan fingerprint density at radius 1 is 1.42 bits per heavy atom. The summed E-state index contributed by atoms with van der Waals surface area (Å²) < 4.78 is 1.34. The van der Waals surface area contributed by atoms with Gasteiger partial charge in [0.2, 0.25) is 6.33 Å². The highest BCUT2D eigenvalue weighted by Crippen LogP contribution is 2.20. The Hall–Kier alpha value is -2.74. The van der Waals surface area contributed by atoms with Gasteiger partial charge in [0.05, 0.1) is 0 Å². The van der Waals surface area contributed by atoms with E-state index in [9.17, 15) is 14.9 Å². The van der Waals surface area contributed by atoms with Gasteiger partial charge in [-0.3, -0.25) is 14.8 Å². The van der Waals surface area contributed by atoms with Gasteiger partial charge in [-0.05, 0) is 15.5 Å². The third kappa shape index (κ3) is 2.58. The topological polar surface area (TPSA) is 116 Å². The number of nitrogens with two attached hydrogens (primary N) is 1. The maximum atomic E-state index is 11.8. The molecule has 0 bridgehead atoms.